The first-order valence-corrected chi connectivity index (χ1v) is 11.9. The third kappa shape index (κ3) is 3.26. The fourth-order valence-electron chi connectivity index (χ4n) is 5.36. The van der Waals surface area contributed by atoms with Crippen LogP contribution in [0.4, 0.5) is 10.1 Å². The number of carbonyl (C=O) groups excluding carboxylic acids is 1. The summed E-state index contributed by atoms with van der Waals surface area (Å²) in [7, 11) is 1.81. The Morgan fingerprint density at radius 3 is 2.72 bits per heavy atom. The van der Waals surface area contributed by atoms with Crippen LogP contribution in [-0.2, 0) is 11.8 Å². The number of pyridine rings is 1. The van der Waals surface area contributed by atoms with Gasteiger partial charge < -0.3 is 14.2 Å². The third-order valence-electron chi connectivity index (χ3n) is 7.02. The van der Waals surface area contributed by atoms with Crippen molar-refractivity contribution in [2.75, 3.05) is 24.6 Å². The van der Waals surface area contributed by atoms with E-state index in [9.17, 15) is 9.59 Å². The minimum atomic E-state index is -0.719. The highest BCUT2D eigenvalue weighted by Gasteiger charge is 2.29. The number of ether oxygens (including phenoxy) is 1. The summed E-state index contributed by atoms with van der Waals surface area (Å²) < 4.78 is 24.4. The van der Waals surface area contributed by atoms with Gasteiger partial charge in [0.05, 0.1) is 39.9 Å². The molecule has 2 aromatic carbocycles. The molecular formula is C27H24FN5O3. The molecule has 3 aromatic heterocycles. The Labute approximate surface area is 205 Å². The lowest BCUT2D eigenvalue weighted by Crippen LogP contribution is -2.23. The predicted octanol–water partition coefficient (Wildman–Crippen LogP) is 4.04. The lowest BCUT2D eigenvalue weighted by atomic mass is 10.1. The number of imidazole rings is 1. The van der Waals surface area contributed by atoms with Crippen LogP contribution < -0.4 is 10.3 Å². The number of anilines is 1. The van der Waals surface area contributed by atoms with Crippen LogP contribution in [0.3, 0.4) is 0 Å². The molecule has 5 aromatic rings. The number of carbonyl (C=O) groups is 1. The maximum absolute atomic E-state index is 15.5. The Bertz CT molecular complexity index is 1710. The fraction of sp³-hybridized carbons (Fsp3) is 0.259. The van der Waals surface area contributed by atoms with Crippen molar-refractivity contribution in [3.63, 3.8) is 0 Å². The van der Waals surface area contributed by atoms with Crippen molar-refractivity contribution in [3.05, 3.63) is 82.3 Å². The van der Waals surface area contributed by atoms with Gasteiger partial charge in [0.15, 0.2) is 0 Å². The van der Waals surface area contributed by atoms with Crippen LogP contribution in [-0.4, -0.2) is 44.6 Å². The van der Waals surface area contributed by atoms with E-state index in [0.717, 1.165) is 23.1 Å². The molecule has 1 fully saturated rings. The lowest BCUT2D eigenvalue weighted by molar-refractivity contribution is 0.0526. The Morgan fingerprint density at radius 1 is 1.17 bits per heavy atom. The zero-order chi connectivity index (χ0) is 25.0. The first-order valence-electron chi connectivity index (χ1n) is 11.9. The van der Waals surface area contributed by atoms with E-state index in [0.29, 0.717) is 29.9 Å². The minimum Gasteiger partial charge on any atom is -0.462 e. The van der Waals surface area contributed by atoms with Crippen molar-refractivity contribution in [2.45, 2.75) is 19.3 Å². The molecule has 1 atom stereocenters. The van der Waals surface area contributed by atoms with Crippen LogP contribution >= 0.6 is 0 Å². The zero-order valence-corrected chi connectivity index (χ0v) is 19.9. The molecule has 1 saturated heterocycles. The van der Waals surface area contributed by atoms with Crippen molar-refractivity contribution < 1.29 is 13.9 Å². The second-order valence-corrected chi connectivity index (χ2v) is 9.01. The van der Waals surface area contributed by atoms with Crippen molar-refractivity contribution in [1.82, 2.24) is 18.9 Å². The molecule has 0 radical (unpaired) electrons. The highest BCUT2D eigenvalue weighted by Crippen LogP contribution is 2.34. The van der Waals surface area contributed by atoms with Crippen LogP contribution in [0.5, 0.6) is 0 Å². The maximum Gasteiger partial charge on any atom is 0.345 e. The van der Waals surface area contributed by atoms with E-state index >= 15 is 4.39 Å². The second kappa shape index (κ2) is 8.44. The molecule has 9 heteroatoms. The molecule has 0 spiro atoms. The van der Waals surface area contributed by atoms with Crippen LogP contribution in [0.1, 0.15) is 35.3 Å². The summed E-state index contributed by atoms with van der Waals surface area (Å²) in [6.07, 6.45) is 5.87. The smallest absolute Gasteiger partial charge is 0.345 e. The monoisotopic (exact) mass is 485 g/mol. The number of benzene rings is 2. The van der Waals surface area contributed by atoms with E-state index in [1.54, 1.807) is 31.6 Å². The van der Waals surface area contributed by atoms with E-state index in [2.05, 4.69) is 9.97 Å². The van der Waals surface area contributed by atoms with E-state index in [4.69, 9.17) is 4.74 Å². The van der Waals surface area contributed by atoms with Gasteiger partial charge in [0.25, 0.3) is 0 Å². The number of para-hydroxylation sites is 2. The SMILES string of the molecule is CCOC(=O)c1c(=O)c2cc(F)c(N3CCC(c4cnccn4)C3)cc2n2c3ccccc3n(C)c12. The first kappa shape index (κ1) is 22.2. The van der Waals surface area contributed by atoms with Crippen LogP contribution in [0.25, 0.3) is 27.6 Å². The van der Waals surface area contributed by atoms with Crippen LogP contribution in [0, 0.1) is 5.82 Å². The van der Waals surface area contributed by atoms with Gasteiger partial charge in [-0.2, -0.15) is 0 Å². The Hall–Kier alpha value is -4.27. The molecule has 0 N–H and O–H groups in total. The van der Waals surface area contributed by atoms with Crippen LogP contribution in [0.2, 0.25) is 0 Å². The molecule has 6 rings (SSSR count). The predicted molar refractivity (Wildman–Crippen MR) is 135 cm³/mol. The fourth-order valence-corrected chi connectivity index (χ4v) is 5.36. The van der Waals surface area contributed by atoms with Gasteiger partial charge >= 0.3 is 5.97 Å². The molecule has 8 nitrogen and oxygen atoms in total. The van der Waals surface area contributed by atoms with Crippen molar-refractivity contribution in [3.8, 4) is 0 Å². The van der Waals surface area contributed by atoms with Crippen molar-refractivity contribution in [2.24, 2.45) is 7.05 Å². The van der Waals surface area contributed by atoms with E-state index < -0.39 is 17.2 Å². The van der Waals surface area contributed by atoms with Gasteiger partial charge in [-0.05, 0) is 37.6 Å². The Balaban J connectivity index is 1.60. The summed E-state index contributed by atoms with van der Waals surface area (Å²) in [6.45, 7) is 3.06. The molecule has 0 saturated carbocycles. The van der Waals surface area contributed by atoms with Gasteiger partial charge in [0.1, 0.15) is 17.0 Å². The molecule has 0 aliphatic carbocycles. The zero-order valence-electron chi connectivity index (χ0n) is 19.9. The number of fused-ring (bicyclic) bond motifs is 5. The Kier molecular flexibility index (Phi) is 5.21. The number of rotatable bonds is 4. The molecule has 1 aliphatic heterocycles. The maximum atomic E-state index is 15.5. The van der Waals surface area contributed by atoms with E-state index in [1.807, 2.05) is 45.2 Å². The second-order valence-electron chi connectivity index (χ2n) is 9.01. The quantitative estimate of drug-likeness (QED) is 0.358. The van der Waals surface area contributed by atoms with E-state index in [1.165, 1.54) is 6.07 Å². The molecule has 1 unspecified atom stereocenters. The number of aromatic nitrogens is 4. The topological polar surface area (TPSA) is 81.7 Å². The number of aryl methyl sites for hydroxylation is 1. The molecule has 0 amide bonds. The molecule has 0 bridgehead atoms. The summed E-state index contributed by atoms with van der Waals surface area (Å²) in [5.74, 6) is -1.08. The van der Waals surface area contributed by atoms with E-state index in [-0.39, 0.29) is 23.5 Å². The molecule has 1 aliphatic rings. The summed E-state index contributed by atoms with van der Waals surface area (Å²) in [5.41, 5.74) is 3.26. The summed E-state index contributed by atoms with van der Waals surface area (Å²) in [5, 5.41) is 0.137. The molecular weight excluding hydrogens is 461 g/mol. The van der Waals surface area contributed by atoms with Crippen molar-refractivity contribution >= 4 is 39.2 Å². The summed E-state index contributed by atoms with van der Waals surface area (Å²) in [6, 6.07) is 10.6. The number of nitrogens with zero attached hydrogens (tertiary/aromatic N) is 5. The van der Waals surface area contributed by atoms with Gasteiger partial charge in [-0.1, -0.05) is 12.1 Å². The molecule has 182 valence electrons. The standard InChI is InChI=1S/C27H24FN5O3/c1-3-36-27(35)24-25(34)17-12-18(28)23(32-11-8-16(15-32)19-14-29-9-10-30-19)13-22(17)33-21-7-5-4-6-20(21)31(2)26(24)33/h4-7,9-10,12-14,16H,3,8,11,15H2,1-2H3. The molecule has 36 heavy (non-hydrogen) atoms. The molecule has 4 heterocycles. The third-order valence-corrected chi connectivity index (χ3v) is 7.02. The van der Waals surface area contributed by atoms with Gasteiger partial charge in [0, 0.05) is 44.6 Å². The number of hydrogen-bond donors (Lipinski definition) is 0. The summed E-state index contributed by atoms with van der Waals surface area (Å²) in [4.78, 5) is 37.1. The average Bonchev–Trinajstić information content (AvgIpc) is 3.49. The summed E-state index contributed by atoms with van der Waals surface area (Å²) >= 11 is 0. The minimum absolute atomic E-state index is 0.0981. The van der Waals surface area contributed by atoms with Gasteiger partial charge in [-0.25, -0.2) is 9.18 Å². The largest absolute Gasteiger partial charge is 0.462 e. The number of hydrogen-bond acceptors (Lipinski definition) is 6. The first-order chi connectivity index (χ1) is 17.5. The number of esters is 1. The number of halogens is 1. The lowest BCUT2D eigenvalue weighted by Gasteiger charge is -2.20. The Morgan fingerprint density at radius 2 is 1.97 bits per heavy atom. The van der Waals surface area contributed by atoms with Crippen molar-refractivity contribution in [1.29, 1.82) is 0 Å². The van der Waals surface area contributed by atoms with Gasteiger partial charge in [-0.3, -0.25) is 19.2 Å². The van der Waals surface area contributed by atoms with Gasteiger partial charge in [-0.15, -0.1) is 0 Å². The normalized spacial score (nSPS) is 15.9. The highest BCUT2D eigenvalue weighted by molar-refractivity contribution is 6.04. The average molecular weight is 486 g/mol. The highest BCUT2D eigenvalue weighted by atomic mass is 19.1. The van der Waals surface area contributed by atoms with Gasteiger partial charge in [0.2, 0.25) is 5.43 Å². The van der Waals surface area contributed by atoms with Crippen LogP contribution in [0.15, 0.2) is 59.8 Å².